The topological polar surface area (TPSA) is 52.6 Å². The van der Waals surface area contributed by atoms with E-state index in [1.807, 2.05) is 12.1 Å². The van der Waals surface area contributed by atoms with E-state index in [0.717, 1.165) is 12.0 Å². The van der Waals surface area contributed by atoms with E-state index in [9.17, 15) is 9.59 Å². The number of methoxy groups -OCH3 is 1. The van der Waals surface area contributed by atoms with E-state index in [-0.39, 0.29) is 23.8 Å². The Hall–Kier alpha value is -1.84. The summed E-state index contributed by atoms with van der Waals surface area (Å²) >= 11 is 0. The normalized spacial score (nSPS) is 21.2. The molecular formula is C14H16O4. The first kappa shape index (κ1) is 12.6. The van der Waals surface area contributed by atoms with E-state index in [1.165, 1.54) is 7.11 Å². The minimum Gasteiger partial charge on any atom is -0.466 e. The summed E-state index contributed by atoms with van der Waals surface area (Å²) in [6.07, 6.45) is 0.830. The maximum absolute atomic E-state index is 11.5. The van der Waals surface area contributed by atoms with Gasteiger partial charge < -0.3 is 9.47 Å². The van der Waals surface area contributed by atoms with Gasteiger partial charge in [0.05, 0.1) is 25.2 Å². The number of benzene rings is 1. The molecule has 0 heterocycles. The molecule has 0 spiro atoms. The minimum absolute atomic E-state index is 0.0195. The van der Waals surface area contributed by atoms with Gasteiger partial charge in [0.2, 0.25) is 0 Å². The molecular weight excluding hydrogens is 232 g/mol. The highest BCUT2D eigenvalue weighted by molar-refractivity contribution is 5.89. The summed E-state index contributed by atoms with van der Waals surface area (Å²) in [6.45, 7) is 2.23. The molecule has 0 aliphatic heterocycles. The largest absolute Gasteiger partial charge is 0.466 e. The fourth-order valence-electron chi connectivity index (χ4n) is 2.06. The summed E-state index contributed by atoms with van der Waals surface area (Å²) in [5, 5.41) is 0. The maximum atomic E-state index is 11.5. The first-order chi connectivity index (χ1) is 8.67. The molecule has 96 valence electrons. The van der Waals surface area contributed by atoms with Crippen molar-refractivity contribution in [3.63, 3.8) is 0 Å². The molecule has 2 atom stereocenters. The second-order valence-corrected chi connectivity index (χ2v) is 4.31. The van der Waals surface area contributed by atoms with Crippen LogP contribution in [-0.4, -0.2) is 25.7 Å². The van der Waals surface area contributed by atoms with E-state index in [0.29, 0.717) is 12.2 Å². The zero-order valence-corrected chi connectivity index (χ0v) is 10.5. The molecule has 4 nitrogen and oxygen atoms in total. The van der Waals surface area contributed by atoms with E-state index >= 15 is 0 Å². The molecule has 1 aliphatic carbocycles. The Morgan fingerprint density at radius 3 is 2.50 bits per heavy atom. The SMILES string of the molecule is CCOC(=O)[C@@H]1C[C@@H]1c1ccc(C(=O)OC)cc1. The van der Waals surface area contributed by atoms with Gasteiger partial charge in [0.1, 0.15) is 0 Å². The van der Waals surface area contributed by atoms with Crippen LogP contribution in [0.1, 0.15) is 35.2 Å². The predicted octanol–water partition coefficient (Wildman–Crippen LogP) is 2.14. The Bertz CT molecular complexity index is 449. The highest BCUT2D eigenvalue weighted by Gasteiger charge is 2.45. The van der Waals surface area contributed by atoms with Gasteiger partial charge in [0, 0.05) is 0 Å². The Kier molecular flexibility index (Phi) is 3.65. The average Bonchev–Trinajstić information content (AvgIpc) is 3.18. The minimum atomic E-state index is -0.348. The van der Waals surface area contributed by atoms with E-state index < -0.39 is 0 Å². The lowest BCUT2D eigenvalue weighted by molar-refractivity contribution is -0.144. The van der Waals surface area contributed by atoms with Crippen LogP contribution in [0.2, 0.25) is 0 Å². The summed E-state index contributed by atoms with van der Waals surface area (Å²) in [4.78, 5) is 22.8. The van der Waals surface area contributed by atoms with Gasteiger partial charge in [-0.05, 0) is 37.0 Å². The van der Waals surface area contributed by atoms with Crippen molar-refractivity contribution >= 4 is 11.9 Å². The van der Waals surface area contributed by atoms with Crippen LogP contribution in [-0.2, 0) is 14.3 Å². The molecule has 0 radical (unpaired) electrons. The van der Waals surface area contributed by atoms with Crippen molar-refractivity contribution in [2.75, 3.05) is 13.7 Å². The molecule has 0 amide bonds. The molecule has 4 heteroatoms. The van der Waals surface area contributed by atoms with Crippen molar-refractivity contribution in [2.24, 2.45) is 5.92 Å². The molecule has 0 unspecified atom stereocenters. The van der Waals surface area contributed by atoms with Gasteiger partial charge in [-0.2, -0.15) is 0 Å². The molecule has 0 saturated heterocycles. The molecule has 18 heavy (non-hydrogen) atoms. The van der Waals surface area contributed by atoms with Crippen LogP contribution in [0, 0.1) is 5.92 Å². The van der Waals surface area contributed by atoms with Crippen LogP contribution in [0.5, 0.6) is 0 Å². The van der Waals surface area contributed by atoms with Crippen LogP contribution in [0.3, 0.4) is 0 Å². The highest BCUT2D eigenvalue weighted by atomic mass is 16.5. The van der Waals surface area contributed by atoms with Crippen molar-refractivity contribution in [2.45, 2.75) is 19.3 Å². The van der Waals surface area contributed by atoms with Crippen LogP contribution < -0.4 is 0 Å². The predicted molar refractivity (Wildman–Crippen MR) is 65.3 cm³/mol. The fourth-order valence-corrected chi connectivity index (χ4v) is 2.06. The van der Waals surface area contributed by atoms with Gasteiger partial charge in [-0.15, -0.1) is 0 Å². The van der Waals surface area contributed by atoms with Gasteiger partial charge in [0.15, 0.2) is 0 Å². The van der Waals surface area contributed by atoms with E-state index in [4.69, 9.17) is 4.74 Å². The molecule has 1 saturated carbocycles. The Morgan fingerprint density at radius 2 is 1.94 bits per heavy atom. The summed E-state index contributed by atoms with van der Waals surface area (Å²) in [7, 11) is 1.36. The van der Waals surface area contributed by atoms with Crippen molar-refractivity contribution in [3.05, 3.63) is 35.4 Å². The Morgan fingerprint density at radius 1 is 1.28 bits per heavy atom. The fraction of sp³-hybridized carbons (Fsp3) is 0.429. The molecule has 0 bridgehead atoms. The highest BCUT2D eigenvalue weighted by Crippen LogP contribution is 2.48. The molecule has 1 aromatic carbocycles. The third kappa shape index (κ3) is 2.53. The van der Waals surface area contributed by atoms with Crippen molar-refractivity contribution in [1.82, 2.24) is 0 Å². The lowest BCUT2D eigenvalue weighted by Gasteiger charge is -2.03. The van der Waals surface area contributed by atoms with Gasteiger partial charge >= 0.3 is 11.9 Å². The van der Waals surface area contributed by atoms with Crippen LogP contribution >= 0.6 is 0 Å². The van der Waals surface area contributed by atoms with Gasteiger partial charge in [0.25, 0.3) is 0 Å². The lowest BCUT2D eigenvalue weighted by atomic mass is 10.1. The summed E-state index contributed by atoms with van der Waals surface area (Å²) in [5.74, 6) is -0.261. The summed E-state index contributed by atoms with van der Waals surface area (Å²) in [6, 6.07) is 7.19. The van der Waals surface area contributed by atoms with Crippen LogP contribution in [0.4, 0.5) is 0 Å². The Balaban J connectivity index is 2.00. The summed E-state index contributed by atoms with van der Waals surface area (Å²) in [5.41, 5.74) is 1.59. The second kappa shape index (κ2) is 5.21. The summed E-state index contributed by atoms with van der Waals surface area (Å²) < 4.78 is 9.61. The Labute approximate surface area is 106 Å². The third-order valence-electron chi connectivity index (χ3n) is 3.14. The molecule has 2 rings (SSSR count). The van der Waals surface area contributed by atoms with Crippen molar-refractivity contribution in [3.8, 4) is 0 Å². The average molecular weight is 248 g/mol. The number of ether oxygens (including phenoxy) is 2. The van der Waals surface area contributed by atoms with Crippen molar-refractivity contribution in [1.29, 1.82) is 0 Å². The standard InChI is InChI=1S/C14H16O4/c1-3-18-14(16)12-8-11(12)9-4-6-10(7-5-9)13(15)17-2/h4-7,11-12H,3,8H2,1-2H3/t11-,12-/m1/s1. The monoisotopic (exact) mass is 248 g/mol. The second-order valence-electron chi connectivity index (χ2n) is 4.31. The molecule has 1 aliphatic rings. The van der Waals surface area contributed by atoms with Crippen LogP contribution in [0.25, 0.3) is 0 Å². The van der Waals surface area contributed by atoms with E-state index in [1.54, 1.807) is 19.1 Å². The molecule has 0 aromatic heterocycles. The number of carbonyl (C=O) groups is 2. The zero-order chi connectivity index (χ0) is 13.1. The third-order valence-corrected chi connectivity index (χ3v) is 3.14. The molecule has 1 aromatic rings. The first-order valence-corrected chi connectivity index (χ1v) is 6.02. The lowest BCUT2D eigenvalue weighted by Crippen LogP contribution is -2.07. The quantitative estimate of drug-likeness (QED) is 0.766. The number of esters is 2. The van der Waals surface area contributed by atoms with Gasteiger partial charge in [-0.3, -0.25) is 4.79 Å². The van der Waals surface area contributed by atoms with Crippen LogP contribution in [0.15, 0.2) is 24.3 Å². The van der Waals surface area contributed by atoms with Gasteiger partial charge in [-0.1, -0.05) is 12.1 Å². The number of hydrogen-bond donors (Lipinski definition) is 0. The smallest absolute Gasteiger partial charge is 0.337 e. The zero-order valence-electron chi connectivity index (χ0n) is 10.5. The number of hydrogen-bond acceptors (Lipinski definition) is 4. The van der Waals surface area contributed by atoms with Gasteiger partial charge in [-0.25, -0.2) is 4.79 Å². The molecule has 1 fully saturated rings. The van der Waals surface area contributed by atoms with E-state index in [2.05, 4.69) is 4.74 Å². The van der Waals surface area contributed by atoms with Crippen molar-refractivity contribution < 1.29 is 19.1 Å². The number of carbonyl (C=O) groups excluding carboxylic acids is 2. The molecule has 0 N–H and O–H groups in total. The maximum Gasteiger partial charge on any atom is 0.337 e. The first-order valence-electron chi connectivity index (χ1n) is 6.02. The number of rotatable bonds is 4.